The zero-order valence-electron chi connectivity index (χ0n) is 17.3. The zero-order chi connectivity index (χ0) is 19.9. The normalized spacial score (nSPS) is 13.6. The quantitative estimate of drug-likeness (QED) is 0.574. The van der Waals surface area contributed by atoms with E-state index >= 15 is 0 Å². The summed E-state index contributed by atoms with van der Waals surface area (Å²) < 4.78 is 11.8. The minimum absolute atomic E-state index is 0.1000. The molecule has 0 aromatic heterocycles. The first kappa shape index (κ1) is 21.2. The van der Waals surface area contributed by atoms with E-state index in [-0.39, 0.29) is 5.91 Å². The van der Waals surface area contributed by atoms with Crippen molar-refractivity contribution in [3.05, 3.63) is 36.4 Å². The highest BCUT2D eigenvalue weighted by molar-refractivity contribution is 6.06. The number of anilines is 1. The Hall–Kier alpha value is -2.07. The first-order valence-electron chi connectivity index (χ1n) is 10.0. The SMILES string of the molecule is CCCOc1ccc(NC(=O)C(C)(CC(C)C)OCCC)c2ccccc12. The monoisotopic (exact) mass is 371 g/mol. The van der Waals surface area contributed by atoms with Crippen LogP contribution in [0.1, 0.15) is 53.9 Å². The van der Waals surface area contributed by atoms with Gasteiger partial charge in [-0.2, -0.15) is 0 Å². The van der Waals surface area contributed by atoms with Crippen LogP contribution in [0.2, 0.25) is 0 Å². The first-order valence-corrected chi connectivity index (χ1v) is 10.0. The topological polar surface area (TPSA) is 47.6 Å². The van der Waals surface area contributed by atoms with E-state index < -0.39 is 5.60 Å². The number of ether oxygens (including phenoxy) is 2. The number of carbonyl (C=O) groups is 1. The van der Waals surface area contributed by atoms with Gasteiger partial charge in [-0.3, -0.25) is 4.79 Å². The molecule has 1 amide bonds. The van der Waals surface area contributed by atoms with Gasteiger partial charge in [0.15, 0.2) is 0 Å². The van der Waals surface area contributed by atoms with Gasteiger partial charge in [-0.1, -0.05) is 52.0 Å². The fraction of sp³-hybridized carbons (Fsp3) is 0.522. The van der Waals surface area contributed by atoms with E-state index in [1.807, 2.05) is 43.3 Å². The van der Waals surface area contributed by atoms with E-state index in [2.05, 4.69) is 33.0 Å². The molecule has 0 aliphatic heterocycles. The second kappa shape index (κ2) is 9.75. The average molecular weight is 372 g/mol. The summed E-state index contributed by atoms with van der Waals surface area (Å²) in [5.41, 5.74) is -0.0580. The van der Waals surface area contributed by atoms with Gasteiger partial charge >= 0.3 is 0 Å². The summed E-state index contributed by atoms with van der Waals surface area (Å²) in [5.74, 6) is 1.11. The van der Waals surface area contributed by atoms with E-state index in [1.54, 1.807) is 0 Å². The van der Waals surface area contributed by atoms with Crippen LogP contribution in [0.25, 0.3) is 10.8 Å². The molecule has 0 heterocycles. The lowest BCUT2D eigenvalue weighted by atomic mass is 9.92. The van der Waals surface area contributed by atoms with Crippen molar-refractivity contribution >= 4 is 22.4 Å². The van der Waals surface area contributed by atoms with Crippen molar-refractivity contribution in [3.63, 3.8) is 0 Å². The molecule has 1 N–H and O–H groups in total. The van der Waals surface area contributed by atoms with Gasteiger partial charge in [0.05, 0.1) is 6.61 Å². The number of amides is 1. The van der Waals surface area contributed by atoms with Gasteiger partial charge in [0.1, 0.15) is 11.4 Å². The van der Waals surface area contributed by atoms with Crippen LogP contribution in [-0.4, -0.2) is 24.7 Å². The number of benzene rings is 2. The lowest BCUT2D eigenvalue weighted by molar-refractivity contribution is -0.141. The predicted molar refractivity (Wildman–Crippen MR) is 112 cm³/mol. The largest absolute Gasteiger partial charge is 0.493 e. The summed E-state index contributed by atoms with van der Waals surface area (Å²) in [6.45, 7) is 11.5. The summed E-state index contributed by atoms with van der Waals surface area (Å²) in [6, 6.07) is 11.8. The van der Waals surface area contributed by atoms with Crippen LogP contribution in [0.5, 0.6) is 5.75 Å². The molecule has 0 spiro atoms. The Morgan fingerprint density at radius 2 is 1.70 bits per heavy atom. The molecule has 4 heteroatoms. The number of hydrogen-bond donors (Lipinski definition) is 1. The van der Waals surface area contributed by atoms with Crippen LogP contribution in [0, 0.1) is 5.92 Å². The molecule has 2 rings (SSSR count). The molecule has 0 radical (unpaired) electrons. The van der Waals surface area contributed by atoms with Crippen LogP contribution < -0.4 is 10.1 Å². The molecule has 1 unspecified atom stereocenters. The smallest absolute Gasteiger partial charge is 0.256 e. The van der Waals surface area contributed by atoms with Gasteiger partial charge in [0, 0.05) is 23.1 Å². The molecule has 0 saturated carbocycles. The van der Waals surface area contributed by atoms with Gasteiger partial charge in [0.2, 0.25) is 0 Å². The fourth-order valence-corrected chi connectivity index (χ4v) is 3.30. The van der Waals surface area contributed by atoms with Crippen molar-refractivity contribution in [2.24, 2.45) is 5.92 Å². The van der Waals surface area contributed by atoms with Crippen molar-refractivity contribution in [2.75, 3.05) is 18.5 Å². The minimum atomic E-state index is -0.845. The Morgan fingerprint density at radius 1 is 1.04 bits per heavy atom. The Labute approximate surface area is 163 Å². The highest BCUT2D eigenvalue weighted by Crippen LogP contribution is 2.33. The zero-order valence-corrected chi connectivity index (χ0v) is 17.3. The molecule has 1 atom stereocenters. The van der Waals surface area contributed by atoms with Crippen LogP contribution in [0.4, 0.5) is 5.69 Å². The van der Waals surface area contributed by atoms with Gasteiger partial charge in [0.25, 0.3) is 5.91 Å². The van der Waals surface area contributed by atoms with Gasteiger partial charge in [-0.05, 0) is 44.2 Å². The lowest BCUT2D eigenvalue weighted by Crippen LogP contribution is -2.44. The summed E-state index contributed by atoms with van der Waals surface area (Å²) in [7, 11) is 0. The number of nitrogens with one attached hydrogen (secondary N) is 1. The van der Waals surface area contributed by atoms with Crippen LogP contribution in [0.3, 0.4) is 0 Å². The van der Waals surface area contributed by atoms with Crippen molar-refractivity contribution in [1.82, 2.24) is 0 Å². The molecule has 0 bridgehead atoms. The summed E-state index contributed by atoms with van der Waals surface area (Å²) in [5, 5.41) is 5.08. The van der Waals surface area contributed by atoms with Crippen LogP contribution in [0.15, 0.2) is 36.4 Å². The number of fused-ring (bicyclic) bond motifs is 1. The third-order valence-corrected chi connectivity index (χ3v) is 4.50. The third-order valence-electron chi connectivity index (χ3n) is 4.50. The maximum Gasteiger partial charge on any atom is 0.256 e. The molecule has 27 heavy (non-hydrogen) atoms. The Bertz CT molecular complexity index is 756. The molecule has 4 nitrogen and oxygen atoms in total. The summed E-state index contributed by atoms with van der Waals surface area (Å²) in [6.07, 6.45) is 2.51. The summed E-state index contributed by atoms with van der Waals surface area (Å²) >= 11 is 0. The van der Waals surface area contributed by atoms with E-state index in [0.717, 1.165) is 35.1 Å². The van der Waals surface area contributed by atoms with Crippen LogP contribution in [-0.2, 0) is 9.53 Å². The molecule has 0 saturated heterocycles. The van der Waals surface area contributed by atoms with Crippen LogP contribution >= 0.6 is 0 Å². The summed E-state index contributed by atoms with van der Waals surface area (Å²) in [4.78, 5) is 13.1. The molecule has 148 valence electrons. The lowest BCUT2D eigenvalue weighted by Gasteiger charge is -2.30. The molecule has 2 aromatic carbocycles. The van der Waals surface area contributed by atoms with Gasteiger partial charge in [-0.25, -0.2) is 0 Å². The molecule has 0 aliphatic carbocycles. The second-order valence-electron chi connectivity index (χ2n) is 7.64. The molecular weight excluding hydrogens is 338 g/mol. The van der Waals surface area contributed by atoms with E-state index in [4.69, 9.17) is 9.47 Å². The standard InChI is InChI=1S/C23H33NO3/c1-6-14-26-21-13-12-20(18-10-8-9-11-19(18)21)24-22(25)23(5,16-17(3)4)27-15-7-2/h8-13,17H,6-7,14-16H2,1-5H3,(H,24,25). The molecule has 0 fully saturated rings. The average Bonchev–Trinajstić information content (AvgIpc) is 2.65. The molecule has 2 aromatic rings. The number of rotatable bonds is 10. The van der Waals surface area contributed by atoms with Crippen molar-refractivity contribution in [2.45, 2.75) is 59.5 Å². The van der Waals surface area contributed by atoms with Gasteiger partial charge in [-0.15, -0.1) is 0 Å². The molecular formula is C23H33NO3. The second-order valence-corrected chi connectivity index (χ2v) is 7.64. The third kappa shape index (κ3) is 5.46. The predicted octanol–water partition coefficient (Wildman–Crippen LogP) is 5.80. The van der Waals surface area contributed by atoms with Crippen molar-refractivity contribution < 1.29 is 14.3 Å². The Morgan fingerprint density at radius 3 is 2.33 bits per heavy atom. The van der Waals surface area contributed by atoms with E-state index in [9.17, 15) is 4.79 Å². The molecule has 0 aliphatic rings. The number of carbonyl (C=O) groups excluding carboxylic acids is 1. The van der Waals surface area contributed by atoms with Crippen molar-refractivity contribution in [3.8, 4) is 5.75 Å². The maximum absolute atomic E-state index is 13.1. The van der Waals surface area contributed by atoms with E-state index in [1.165, 1.54) is 0 Å². The minimum Gasteiger partial charge on any atom is -0.493 e. The first-order chi connectivity index (χ1) is 12.9. The Balaban J connectivity index is 2.32. The van der Waals surface area contributed by atoms with Gasteiger partial charge < -0.3 is 14.8 Å². The van der Waals surface area contributed by atoms with Crippen molar-refractivity contribution in [1.29, 1.82) is 0 Å². The highest BCUT2D eigenvalue weighted by atomic mass is 16.5. The maximum atomic E-state index is 13.1. The number of hydrogen-bond acceptors (Lipinski definition) is 3. The van der Waals surface area contributed by atoms with E-state index in [0.29, 0.717) is 25.6 Å². The fourth-order valence-electron chi connectivity index (χ4n) is 3.30. The Kier molecular flexibility index (Phi) is 7.66. The highest BCUT2D eigenvalue weighted by Gasteiger charge is 2.35.